The monoisotopic (exact) mass is 334 g/mol. The summed E-state index contributed by atoms with van der Waals surface area (Å²) in [6.45, 7) is 2.89. The van der Waals surface area contributed by atoms with Gasteiger partial charge in [-0.1, -0.05) is 23.7 Å². The summed E-state index contributed by atoms with van der Waals surface area (Å²) < 4.78 is 0. The average Bonchev–Trinajstić information content (AvgIpc) is 2.45. The topological polar surface area (TPSA) is 41.1 Å². The second-order valence-corrected chi connectivity index (χ2v) is 6.16. The largest absolute Gasteiger partial charge is 0.355 e. The lowest BCUT2D eigenvalue weighted by Crippen LogP contribution is -2.38. The van der Waals surface area contributed by atoms with Crippen molar-refractivity contribution in [1.82, 2.24) is 10.6 Å². The van der Waals surface area contributed by atoms with E-state index in [9.17, 15) is 4.79 Å². The van der Waals surface area contributed by atoms with E-state index in [4.69, 9.17) is 11.6 Å². The van der Waals surface area contributed by atoms with Crippen molar-refractivity contribution in [2.75, 3.05) is 25.4 Å². The third-order valence-corrected chi connectivity index (χ3v) is 4.70. The van der Waals surface area contributed by atoms with Gasteiger partial charge in [0, 0.05) is 11.4 Å². The molecule has 1 amide bonds. The number of halogens is 2. The summed E-state index contributed by atoms with van der Waals surface area (Å²) in [5.74, 6) is 1.07. The molecule has 0 spiro atoms. The number of amides is 1. The van der Waals surface area contributed by atoms with Crippen LogP contribution in [-0.4, -0.2) is 31.3 Å². The first-order valence-corrected chi connectivity index (χ1v) is 7.97. The second kappa shape index (κ2) is 9.50. The van der Waals surface area contributed by atoms with Crippen molar-refractivity contribution in [3.63, 3.8) is 0 Å². The van der Waals surface area contributed by atoms with Gasteiger partial charge in [0.25, 0.3) is 0 Å². The van der Waals surface area contributed by atoms with Gasteiger partial charge in [-0.25, -0.2) is 0 Å². The van der Waals surface area contributed by atoms with E-state index in [-0.39, 0.29) is 18.3 Å². The Balaban J connectivity index is 0.00000200. The molecule has 1 heterocycles. The zero-order valence-corrected chi connectivity index (χ0v) is 13.6. The minimum Gasteiger partial charge on any atom is -0.355 e. The van der Waals surface area contributed by atoms with E-state index < -0.39 is 0 Å². The molecule has 6 heteroatoms. The highest BCUT2D eigenvalue weighted by Gasteiger charge is 2.14. The molecule has 3 nitrogen and oxygen atoms in total. The summed E-state index contributed by atoms with van der Waals surface area (Å²) in [4.78, 5) is 12.7. The van der Waals surface area contributed by atoms with Crippen LogP contribution in [0.3, 0.4) is 0 Å². The molecule has 2 N–H and O–H groups in total. The lowest BCUT2D eigenvalue weighted by Gasteiger charge is -2.22. The number of benzene rings is 1. The zero-order valence-electron chi connectivity index (χ0n) is 11.2. The van der Waals surface area contributed by atoms with Gasteiger partial charge in [0.2, 0.25) is 5.91 Å². The van der Waals surface area contributed by atoms with Gasteiger partial charge in [-0.3, -0.25) is 4.79 Å². The molecule has 1 aliphatic heterocycles. The van der Waals surface area contributed by atoms with E-state index in [1.165, 1.54) is 24.6 Å². The number of hydrogen-bond donors (Lipinski definition) is 2. The van der Waals surface area contributed by atoms with Gasteiger partial charge in [0.1, 0.15) is 0 Å². The van der Waals surface area contributed by atoms with Gasteiger partial charge < -0.3 is 10.6 Å². The molecule has 1 aromatic rings. The highest BCUT2D eigenvalue weighted by atomic mass is 35.5. The molecule has 0 saturated carbocycles. The fraction of sp³-hybridized carbons (Fsp3) is 0.500. The molecule has 1 saturated heterocycles. The lowest BCUT2D eigenvalue weighted by molar-refractivity contribution is -0.118. The maximum Gasteiger partial charge on any atom is 0.230 e. The van der Waals surface area contributed by atoms with Crippen molar-refractivity contribution in [3.8, 4) is 0 Å². The van der Waals surface area contributed by atoms with Gasteiger partial charge in [0.15, 0.2) is 0 Å². The Hall–Kier alpha value is -0.420. The summed E-state index contributed by atoms with van der Waals surface area (Å²) in [5.41, 5.74) is 0. The number of carbonyl (C=O) groups is 1. The molecule has 2 rings (SSSR count). The van der Waals surface area contributed by atoms with E-state index in [0.29, 0.717) is 16.7 Å². The van der Waals surface area contributed by atoms with Crippen molar-refractivity contribution in [2.24, 2.45) is 5.92 Å². The summed E-state index contributed by atoms with van der Waals surface area (Å²) in [6, 6.07) is 7.60. The third-order valence-electron chi connectivity index (χ3n) is 3.18. The van der Waals surface area contributed by atoms with Gasteiger partial charge in [-0.15, -0.1) is 24.2 Å². The number of piperidine rings is 1. The number of hydrogen-bond acceptors (Lipinski definition) is 3. The van der Waals surface area contributed by atoms with E-state index in [2.05, 4.69) is 10.6 Å². The fourth-order valence-electron chi connectivity index (χ4n) is 2.11. The Morgan fingerprint density at radius 3 is 2.95 bits per heavy atom. The number of thioether (sulfide) groups is 1. The number of nitrogens with one attached hydrogen (secondary N) is 2. The Morgan fingerprint density at radius 1 is 1.45 bits per heavy atom. The predicted molar refractivity (Wildman–Crippen MR) is 88.0 cm³/mol. The summed E-state index contributed by atoms with van der Waals surface area (Å²) in [7, 11) is 0. The average molecular weight is 335 g/mol. The van der Waals surface area contributed by atoms with Gasteiger partial charge >= 0.3 is 0 Å². The maximum absolute atomic E-state index is 11.8. The molecular formula is C14H20Cl2N2OS. The van der Waals surface area contributed by atoms with Crippen LogP contribution in [0, 0.1) is 5.92 Å². The second-order valence-electron chi connectivity index (χ2n) is 4.74. The molecule has 112 valence electrons. The van der Waals surface area contributed by atoms with Gasteiger partial charge in [0.05, 0.1) is 10.8 Å². The van der Waals surface area contributed by atoms with Gasteiger partial charge in [-0.2, -0.15) is 0 Å². The van der Waals surface area contributed by atoms with Crippen LogP contribution in [0.4, 0.5) is 0 Å². The molecule has 0 aliphatic carbocycles. The van der Waals surface area contributed by atoms with Crippen LogP contribution in [-0.2, 0) is 4.79 Å². The van der Waals surface area contributed by atoms with Crippen LogP contribution in [0.1, 0.15) is 12.8 Å². The maximum atomic E-state index is 11.8. The van der Waals surface area contributed by atoms with E-state index in [1.807, 2.05) is 24.3 Å². The number of carbonyl (C=O) groups excluding carboxylic acids is 1. The minimum absolute atomic E-state index is 0. The van der Waals surface area contributed by atoms with Crippen molar-refractivity contribution in [2.45, 2.75) is 17.7 Å². The zero-order chi connectivity index (χ0) is 13.5. The molecule has 20 heavy (non-hydrogen) atoms. The third kappa shape index (κ3) is 5.92. The minimum atomic E-state index is 0. The quantitative estimate of drug-likeness (QED) is 0.813. The highest BCUT2D eigenvalue weighted by Crippen LogP contribution is 2.26. The van der Waals surface area contributed by atoms with E-state index in [1.54, 1.807) is 0 Å². The molecule has 1 atom stereocenters. The SMILES string of the molecule is Cl.O=C(CSc1ccccc1Cl)NCC1CCCNC1. The van der Waals surface area contributed by atoms with Crippen LogP contribution in [0.5, 0.6) is 0 Å². The molecule has 0 bridgehead atoms. The summed E-state index contributed by atoms with van der Waals surface area (Å²) >= 11 is 7.53. The first-order valence-electron chi connectivity index (χ1n) is 6.60. The van der Waals surface area contributed by atoms with Crippen LogP contribution >= 0.6 is 35.8 Å². The van der Waals surface area contributed by atoms with Crippen molar-refractivity contribution in [3.05, 3.63) is 29.3 Å². The summed E-state index contributed by atoms with van der Waals surface area (Å²) in [5, 5.41) is 7.05. The Bertz CT molecular complexity index is 425. The normalized spacial score (nSPS) is 18.1. The van der Waals surface area contributed by atoms with Crippen molar-refractivity contribution >= 4 is 41.7 Å². The summed E-state index contributed by atoms with van der Waals surface area (Å²) in [6.07, 6.45) is 2.40. The van der Waals surface area contributed by atoms with Crippen LogP contribution in [0.25, 0.3) is 0 Å². The molecule has 0 radical (unpaired) electrons. The van der Waals surface area contributed by atoms with E-state index in [0.717, 1.165) is 24.5 Å². The van der Waals surface area contributed by atoms with Crippen molar-refractivity contribution < 1.29 is 4.79 Å². The standard InChI is InChI=1S/C14H19ClN2OS.ClH/c15-12-5-1-2-6-13(12)19-10-14(18)17-9-11-4-3-7-16-8-11;/h1-2,5-6,11,16H,3-4,7-10H2,(H,17,18);1H. The van der Waals surface area contributed by atoms with Crippen LogP contribution < -0.4 is 10.6 Å². The molecule has 0 aromatic heterocycles. The first-order chi connectivity index (χ1) is 9.25. The molecule has 1 aromatic carbocycles. The van der Waals surface area contributed by atoms with E-state index >= 15 is 0 Å². The van der Waals surface area contributed by atoms with Crippen LogP contribution in [0.2, 0.25) is 5.02 Å². The molecular weight excluding hydrogens is 315 g/mol. The lowest BCUT2D eigenvalue weighted by atomic mass is 10.00. The fourth-order valence-corrected chi connectivity index (χ4v) is 3.18. The van der Waals surface area contributed by atoms with Crippen LogP contribution in [0.15, 0.2) is 29.2 Å². The predicted octanol–water partition coefficient (Wildman–Crippen LogP) is 2.97. The highest BCUT2D eigenvalue weighted by molar-refractivity contribution is 8.00. The molecule has 1 unspecified atom stereocenters. The Morgan fingerprint density at radius 2 is 2.25 bits per heavy atom. The first kappa shape index (κ1) is 17.6. The van der Waals surface area contributed by atoms with Crippen molar-refractivity contribution in [1.29, 1.82) is 0 Å². The smallest absolute Gasteiger partial charge is 0.230 e. The Labute approximate surface area is 135 Å². The Kier molecular flexibility index (Phi) is 8.38. The van der Waals surface area contributed by atoms with Gasteiger partial charge in [-0.05, 0) is 44.0 Å². The molecule has 1 aliphatic rings. The number of rotatable bonds is 5. The molecule has 1 fully saturated rings.